The van der Waals surface area contributed by atoms with Crippen LogP contribution in [0.2, 0.25) is 0 Å². The molecular weight excluding hydrogens is 190 g/mol. The van der Waals surface area contributed by atoms with E-state index in [4.69, 9.17) is 0 Å². The second kappa shape index (κ2) is 6.92. The minimum absolute atomic E-state index is 0.0906. The molecular formula is C11H17N3O. The zero-order valence-electron chi connectivity index (χ0n) is 9.07. The molecule has 82 valence electrons. The van der Waals surface area contributed by atoms with Gasteiger partial charge in [-0.2, -0.15) is 0 Å². The first-order valence-electron chi connectivity index (χ1n) is 5.37. The number of unbranched alkanes of at least 4 members (excludes halogenated alkanes) is 3. The van der Waals surface area contributed by atoms with Crippen LogP contribution in [0.5, 0.6) is 0 Å². The molecule has 1 N–H and O–H groups in total. The molecule has 1 rings (SSSR count). The van der Waals surface area contributed by atoms with Crippen LogP contribution in [0.15, 0.2) is 18.7 Å². The number of carbonyl (C=O) groups excluding carboxylic acids is 1. The van der Waals surface area contributed by atoms with Gasteiger partial charge in [0.25, 0.3) is 5.91 Å². The van der Waals surface area contributed by atoms with Crippen LogP contribution in [0.4, 0.5) is 0 Å². The van der Waals surface area contributed by atoms with E-state index in [1.807, 2.05) is 0 Å². The van der Waals surface area contributed by atoms with Crippen molar-refractivity contribution in [2.75, 3.05) is 6.54 Å². The normalized spacial score (nSPS) is 9.93. The van der Waals surface area contributed by atoms with Gasteiger partial charge in [0, 0.05) is 18.9 Å². The van der Waals surface area contributed by atoms with Crippen LogP contribution in [-0.2, 0) is 0 Å². The summed E-state index contributed by atoms with van der Waals surface area (Å²) < 4.78 is 0. The van der Waals surface area contributed by atoms with Crippen molar-refractivity contribution >= 4 is 5.91 Å². The van der Waals surface area contributed by atoms with Gasteiger partial charge in [0.1, 0.15) is 6.33 Å². The maximum Gasteiger partial charge on any atom is 0.254 e. The van der Waals surface area contributed by atoms with Crippen LogP contribution >= 0.6 is 0 Å². The van der Waals surface area contributed by atoms with Crippen molar-refractivity contribution in [2.24, 2.45) is 0 Å². The highest BCUT2D eigenvalue weighted by Gasteiger charge is 2.03. The maximum atomic E-state index is 11.5. The first-order valence-corrected chi connectivity index (χ1v) is 5.37. The largest absolute Gasteiger partial charge is 0.352 e. The molecule has 0 aliphatic rings. The molecule has 4 nitrogen and oxygen atoms in total. The number of carbonyl (C=O) groups is 1. The molecule has 0 aliphatic heterocycles. The molecule has 1 aromatic heterocycles. The minimum atomic E-state index is -0.0906. The number of nitrogens with one attached hydrogen (secondary N) is 1. The van der Waals surface area contributed by atoms with Gasteiger partial charge in [0.05, 0.1) is 5.56 Å². The standard InChI is InChI=1S/C11H17N3O/c1-2-3-4-5-6-14-11(15)10-7-12-9-13-8-10/h7-9H,2-6H2,1H3,(H,14,15). The summed E-state index contributed by atoms with van der Waals surface area (Å²) in [5.41, 5.74) is 0.521. The number of aromatic nitrogens is 2. The lowest BCUT2D eigenvalue weighted by Crippen LogP contribution is -2.24. The van der Waals surface area contributed by atoms with E-state index in [1.165, 1.54) is 38.0 Å². The molecule has 15 heavy (non-hydrogen) atoms. The van der Waals surface area contributed by atoms with Crippen LogP contribution in [0.3, 0.4) is 0 Å². The van der Waals surface area contributed by atoms with Gasteiger partial charge in [-0.1, -0.05) is 26.2 Å². The Morgan fingerprint density at radius 2 is 2.00 bits per heavy atom. The van der Waals surface area contributed by atoms with Crippen molar-refractivity contribution in [3.63, 3.8) is 0 Å². The molecule has 0 radical (unpaired) electrons. The average molecular weight is 207 g/mol. The number of nitrogens with zero attached hydrogens (tertiary/aromatic N) is 2. The van der Waals surface area contributed by atoms with Crippen LogP contribution in [-0.4, -0.2) is 22.4 Å². The maximum absolute atomic E-state index is 11.5. The summed E-state index contributed by atoms with van der Waals surface area (Å²) in [6, 6.07) is 0. The molecule has 4 heteroatoms. The Kier molecular flexibility index (Phi) is 5.37. The molecule has 1 heterocycles. The fraction of sp³-hybridized carbons (Fsp3) is 0.545. The third kappa shape index (κ3) is 4.54. The average Bonchev–Trinajstić information content (AvgIpc) is 2.30. The molecule has 0 bridgehead atoms. The highest BCUT2D eigenvalue weighted by molar-refractivity contribution is 5.93. The second-order valence-electron chi connectivity index (χ2n) is 3.44. The van der Waals surface area contributed by atoms with Gasteiger partial charge >= 0.3 is 0 Å². The van der Waals surface area contributed by atoms with E-state index in [9.17, 15) is 4.79 Å². The highest BCUT2D eigenvalue weighted by Crippen LogP contribution is 1.98. The quantitative estimate of drug-likeness (QED) is 0.723. The van der Waals surface area contributed by atoms with Crippen molar-refractivity contribution in [1.82, 2.24) is 15.3 Å². The van der Waals surface area contributed by atoms with Gasteiger partial charge in [-0.3, -0.25) is 4.79 Å². The molecule has 0 aromatic carbocycles. The Labute approximate surface area is 90.1 Å². The topological polar surface area (TPSA) is 54.9 Å². The fourth-order valence-electron chi connectivity index (χ4n) is 1.27. The molecule has 0 aliphatic carbocycles. The number of amides is 1. The van der Waals surface area contributed by atoms with Crippen molar-refractivity contribution in [3.05, 3.63) is 24.3 Å². The molecule has 0 spiro atoms. The summed E-state index contributed by atoms with van der Waals surface area (Å²) in [6.45, 7) is 2.90. The van der Waals surface area contributed by atoms with Crippen LogP contribution in [0.25, 0.3) is 0 Å². The molecule has 0 fully saturated rings. The summed E-state index contributed by atoms with van der Waals surface area (Å²) in [6.07, 6.45) is 9.10. The lowest BCUT2D eigenvalue weighted by atomic mass is 10.2. The van der Waals surface area contributed by atoms with Gasteiger partial charge in [-0.25, -0.2) is 9.97 Å². The van der Waals surface area contributed by atoms with Crippen molar-refractivity contribution in [2.45, 2.75) is 32.6 Å². The van der Waals surface area contributed by atoms with E-state index in [-0.39, 0.29) is 5.91 Å². The van der Waals surface area contributed by atoms with E-state index in [2.05, 4.69) is 22.2 Å². The first-order chi connectivity index (χ1) is 7.34. The van der Waals surface area contributed by atoms with Crippen molar-refractivity contribution in [1.29, 1.82) is 0 Å². The highest BCUT2D eigenvalue weighted by atomic mass is 16.1. The summed E-state index contributed by atoms with van der Waals surface area (Å²) in [7, 11) is 0. The van der Waals surface area contributed by atoms with Gasteiger partial charge in [0.15, 0.2) is 0 Å². The van der Waals surface area contributed by atoms with Crippen molar-refractivity contribution in [3.8, 4) is 0 Å². The van der Waals surface area contributed by atoms with Crippen LogP contribution in [0.1, 0.15) is 43.0 Å². The second-order valence-corrected chi connectivity index (χ2v) is 3.44. The Morgan fingerprint density at radius 3 is 2.67 bits per heavy atom. The van der Waals surface area contributed by atoms with E-state index < -0.39 is 0 Å². The molecule has 0 saturated carbocycles. The lowest BCUT2D eigenvalue weighted by molar-refractivity contribution is 0.0952. The molecule has 1 amide bonds. The van der Waals surface area contributed by atoms with Gasteiger partial charge in [-0.15, -0.1) is 0 Å². The van der Waals surface area contributed by atoms with E-state index in [0.717, 1.165) is 13.0 Å². The molecule has 0 atom stereocenters. The minimum Gasteiger partial charge on any atom is -0.352 e. The molecule has 0 unspecified atom stereocenters. The molecule has 0 saturated heterocycles. The zero-order chi connectivity index (χ0) is 10.9. The predicted molar refractivity (Wildman–Crippen MR) is 58.5 cm³/mol. The monoisotopic (exact) mass is 207 g/mol. The number of hydrogen-bond donors (Lipinski definition) is 1. The Morgan fingerprint density at radius 1 is 1.27 bits per heavy atom. The number of hydrogen-bond acceptors (Lipinski definition) is 3. The lowest BCUT2D eigenvalue weighted by Gasteiger charge is -2.03. The van der Waals surface area contributed by atoms with Gasteiger partial charge < -0.3 is 5.32 Å². The Balaban J connectivity index is 2.20. The third-order valence-corrected chi connectivity index (χ3v) is 2.14. The fourth-order valence-corrected chi connectivity index (χ4v) is 1.27. The number of rotatable bonds is 6. The van der Waals surface area contributed by atoms with Gasteiger partial charge in [0.2, 0.25) is 0 Å². The van der Waals surface area contributed by atoms with E-state index >= 15 is 0 Å². The van der Waals surface area contributed by atoms with E-state index in [1.54, 1.807) is 0 Å². The smallest absolute Gasteiger partial charge is 0.254 e. The third-order valence-electron chi connectivity index (χ3n) is 2.14. The summed E-state index contributed by atoms with van der Waals surface area (Å²) in [5, 5.41) is 2.84. The first kappa shape index (κ1) is 11.6. The Bertz CT molecular complexity index is 287. The van der Waals surface area contributed by atoms with Crippen LogP contribution in [0, 0.1) is 0 Å². The summed E-state index contributed by atoms with van der Waals surface area (Å²) in [5.74, 6) is -0.0906. The molecule has 1 aromatic rings. The van der Waals surface area contributed by atoms with Gasteiger partial charge in [-0.05, 0) is 6.42 Å². The zero-order valence-corrected chi connectivity index (χ0v) is 9.07. The summed E-state index contributed by atoms with van der Waals surface area (Å²) in [4.78, 5) is 19.1. The Hall–Kier alpha value is -1.45. The van der Waals surface area contributed by atoms with Crippen LogP contribution < -0.4 is 5.32 Å². The predicted octanol–water partition coefficient (Wildman–Crippen LogP) is 1.79. The van der Waals surface area contributed by atoms with Crippen molar-refractivity contribution < 1.29 is 4.79 Å². The summed E-state index contributed by atoms with van der Waals surface area (Å²) >= 11 is 0. The van der Waals surface area contributed by atoms with E-state index in [0.29, 0.717) is 5.56 Å². The SMILES string of the molecule is CCCCCCNC(=O)c1cncnc1.